The SMILES string of the molecule is CCOC(=O)c1c(-c2ccccc2)csc1NC(=O)CSc1nnc(-c2csc(CC)c2)n1C(C)C. The maximum absolute atomic E-state index is 12.9. The van der Waals surface area contributed by atoms with Crippen LogP contribution >= 0.6 is 34.4 Å². The number of thioether (sulfide) groups is 1. The number of aryl methyl sites for hydroxylation is 1. The molecule has 0 aliphatic carbocycles. The van der Waals surface area contributed by atoms with Crippen molar-refractivity contribution in [2.24, 2.45) is 0 Å². The summed E-state index contributed by atoms with van der Waals surface area (Å²) in [6.07, 6.45) is 0.977. The number of carbonyl (C=O) groups excluding carboxylic acids is 2. The standard InChI is InChI=1S/C26H28N4O3S3/c1-5-19-12-18(13-34-19)23-28-29-26(30(23)16(3)4)36-15-21(31)27-24-22(25(32)33-6-2)20(14-35-24)17-10-8-7-9-11-17/h7-14,16H,5-6,15H2,1-4H3,(H,27,31). The van der Waals surface area contributed by atoms with E-state index in [9.17, 15) is 9.59 Å². The van der Waals surface area contributed by atoms with Gasteiger partial charge >= 0.3 is 5.97 Å². The second-order valence-electron chi connectivity index (χ2n) is 8.20. The van der Waals surface area contributed by atoms with Crippen molar-refractivity contribution in [2.45, 2.75) is 45.3 Å². The van der Waals surface area contributed by atoms with Crippen LogP contribution in [0.4, 0.5) is 5.00 Å². The Bertz CT molecular complexity index is 1340. The predicted molar refractivity (Wildman–Crippen MR) is 148 cm³/mol. The summed E-state index contributed by atoms with van der Waals surface area (Å²) in [5, 5.41) is 16.8. The normalized spacial score (nSPS) is 11.1. The van der Waals surface area contributed by atoms with Gasteiger partial charge in [-0.05, 0) is 38.8 Å². The topological polar surface area (TPSA) is 86.1 Å². The molecule has 4 aromatic rings. The monoisotopic (exact) mass is 540 g/mol. The van der Waals surface area contributed by atoms with Crippen LogP contribution in [0.25, 0.3) is 22.5 Å². The van der Waals surface area contributed by atoms with Gasteiger partial charge in [-0.25, -0.2) is 4.79 Å². The number of hydrogen-bond donors (Lipinski definition) is 1. The van der Waals surface area contributed by atoms with Crippen molar-refractivity contribution in [3.8, 4) is 22.5 Å². The predicted octanol–water partition coefficient (Wildman–Crippen LogP) is 6.79. The lowest BCUT2D eigenvalue weighted by molar-refractivity contribution is -0.113. The Kier molecular flexibility index (Phi) is 8.60. The lowest BCUT2D eigenvalue weighted by Gasteiger charge is -2.13. The van der Waals surface area contributed by atoms with Gasteiger partial charge in [0, 0.05) is 32.8 Å². The maximum atomic E-state index is 12.9. The van der Waals surface area contributed by atoms with E-state index in [1.807, 2.05) is 35.7 Å². The first-order valence-corrected chi connectivity index (χ1v) is 14.5. The van der Waals surface area contributed by atoms with E-state index in [2.05, 4.69) is 52.3 Å². The highest BCUT2D eigenvalue weighted by Crippen LogP contribution is 2.36. The van der Waals surface area contributed by atoms with Crippen LogP contribution in [0.3, 0.4) is 0 Å². The fourth-order valence-electron chi connectivity index (χ4n) is 3.70. The van der Waals surface area contributed by atoms with Crippen molar-refractivity contribution in [1.82, 2.24) is 14.8 Å². The highest BCUT2D eigenvalue weighted by Gasteiger charge is 2.24. The Morgan fingerprint density at radius 2 is 1.86 bits per heavy atom. The molecule has 0 spiro atoms. The molecule has 10 heteroatoms. The molecule has 0 fully saturated rings. The van der Waals surface area contributed by atoms with E-state index in [0.717, 1.165) is 28.9 Å². The molecule has 3 aromatic heterocycles. The number of ether oxygens (including phenoxy) is 1. The van der Waals surface area contributed by atoms with Gasteiger partial charge in [-0.1, -0.05) is 49.0 Å². The van der Waals surface area contributed by atoms with E-state index in [4.69, 9.17) is 4.74 Å². The van der Waals surface area contributed by atoms with Crippen molar-refractivity contribution in [1.29, 1.82) is 0 Å². The first kappa shape index (κ1) is 26.1. The summed E-state index contributed by atoms with van der Waals surface area (Å²) in [6.45, 7) is 8.30. The Labute approximate surface area is 222 Å². The van der Waals surface area contributed by atoms with E-state index < -0.39 is 5.97 Å². The maximum Gasteiger partial charge on any atom is 0.341 e. The number of anilines is 1. The highest BCUT2D eigenvalue weighted by molar-refractivity contribution is 7.99. The number of nitrogens with zero attached hydrogens (tertiary/aromatic N) is 3. The molecular weight excluding hydrogens is 513 g/mol. The Morgan fingerprint density at radius 3 is 2.53 bits per heavy atom. The van der Waals surface area contributed by atoms with Gasteiger partial charge in [0.05, 0.1) is 12.4 Å². The molecule has 1 N–H and O–H groups in total. The van der Waals surface area contributed by atoms with Crippen LogP contribution in [-0.4, -0.2) is 39.0 Å². The fourth-order valence-corrected chi connectivity index (χ4v) is 6.35. The van der Waals surface area contributed by atoms with E-state index >= 15 is 0 Å². The summed E-state index contributed by atoms with van der Waals surface area (Å²) in [4.78, 5) is 27.0. The summed E-state index contributed by atoms with van der Waals surface area (Å²) in [6, 6.07) is 11.9. The van der Waals surface area contributed by atoms with Crippen molar-refractivity contribution in [2.75, 3.05) is 17.7 Å². The van der Waals surface area contributed by atoms with Gasteiger partial charge in [0.2, 0.25) is 5.91 Å². The van der Waals surface area contributed by atoms with Gasteiger partial charge < -0.3 is 10.1 Å². The highest BCUT2D eigenvalue weighted by atomic mass is 32.2. The summed E-state index contributed by atoms with van der Waals surface area (Å²) in [7, 11) is 0. The number of carbonyl (C=O) groups is 2. The molecule has 0 atom stereocenters. The molecule has 3 heterocycles. The van der Waals surface area contributed by atoms with Crippen molar-refractivity contribution < 1.29 is 14.3 Å². The molecule has 0 radical (unpaired) electrons. The molecule has 1 aromatic carbocycles. The minimum absolute atomic E-state index is 0.131. The van der Waals surface area contributed by atoms with E-state index in [1.165, 1.54) is 28.0 Å². The number of hydrogen-bond acceptors (Lipinski definition) is 8. The lowest BCUT2D eigenvalue weighted by atomic mass is 10.0. The third-order valence-corrected chi connectivity index (χ3v) is 8.30. The zero-order valence-corrected chi connectivity index (χ0v) is 23.1. The number of nitrogens with one attached hydrogen (secondary N) is 1. The Hall–Kier alpha value is -2.95. The second-order valence-corrected chi connectivity index (χ2v) is 11.0. The van der Waals surface area contributed by atoms with Gasteiger partial charge in [-0.3, -0.25) is 9.36 Å². The smallest absolute Gasteiger partial charge is 0.341 e. The van der Waals surface area contributed by atoms with Crippen molar-refractivity contribution >= 4 is 51.3 Å². The minimum Gasteiger partial charge on any atom is -0.462 e. The van der Waals surface area contributed by atoms with E-state index in [0.29, 0.717) is 15.7 Å². The third kappa shape index (κ3) is 5.71. The van der Waals surface area contributed by atoms with Crippen LogP contribution in [0.2, 0.25) is 0 Å². The third-order valence-electron chi connectivity index (χ3n) is 5.38. The average molecular weight is 541 g/mol. The molecule has 36 heavy (non-hydrogen) atoms. The zero-order chi connectivity index (χ0) is 25.7. The van der Waals surface area contributed by atoms with Gasteiger partial charge in [0.1, 0.15) is 10.6 Å². The molecule has 0 aliphatic heterocycles. The van der Waals surface area contributed by atoms with Gasteiger partial charge in [-0.2, -0.15) is 0 Å². The first-order valence-electron chi connectivity index (χ1n) is 11.7. The Balaban J connectivity index is 1.52. The molecular formula is C26H28N4O3S3. The van der Waals surface area contributed by atoms with Crippen LogP contribution in [0.1, 0.15) is 49.0 Å². The largest absolute Gasteiger partial charge is 0.462 e. The summed E-state index contributed by atoms with van der Waals surface area (Å²) in [5.74, 6) is 0.261. The second kappa shape index (κ2) is 11.9. The Morgan fingerprint density at radius 1 is 1.08 bits per heavy atom. The van der Waals surface area contributed by atoms with Crippen LogP contribution < -0.4 is 5.32 Å². The molecule has 0 saturated heterocycles. The molecule has 0 saturated carbocycles. The first-order chi connectivity index (χ1) is 17.4. The number of amides is 1. The molecule has 0 aliphatic rings. The fraction of sp³-hybridized carbons (Fsp3) is 0.308. The van der Waals surface area contributed by atoms with Gasteiger partial charge in [0.15, 0.2) is 11.0 Å². The van der Waals surface area contributed by atoms with E-state index in [1.54, 1.807) is 18.3 Å². The molecule has 7 nitrogen and oxygen atoms in total. The van der Waals surface area contributed by atoms with Crippen LogP contribution in [0.5, 0.6) is 0 Å². The quantitative estimate of drug-likeness (QED) is 0.176. The van der Waals surface area contributed by atoms with Crippen LogP contribution in [0.15, 0.2) is 52.3 Å². The van der Waals surface area contributed by atoms with Crippen LogP contribution in [-0.2, 0) is 16.0 Å². The summed E-state index contributed by atoms with van der Waals surface area (Å²) in [5.41, 5.74) is 3.06. The summed E-state index contributed by atoms with van der Waals surface area (Å²) >= 11 is 4.35. The molecule has 188 valence electrons. The van der Waals surface area contributed by atoms with Crippen LogP contribution in [0, 0.1) is 0 Å². The minimum atomic E-state index is -0.452. The number of aromatic nitrogens is 3. The molecule has 1 amide bonds. The van der Waals surface area contributed by atoms with E-state index in [-0.39, 0.29) is 24.3 Å². The number of esters is 1. The number of thiophene rings is 2. The number of rotatable bonds is 10. The number of benzene rings is 1. The molecule has 0 unspecified atom stereocenters. The van der Waals surface area contributed by atoms with Gasteiger partial charge in [-0.15, -0.1) is 32.9 Å². The summed E-state index contributed by atoms with van der Waals surface area (Å²) < 4.78 is 7.34. The van der Waals surface area contributed by atoms with Crippen molar-refractivity contribution in [3.05, 3.63) is 57.6 Å². The molecule has 0 bridgehead atoms. The lowest BCUT2D eigenvalue weighted by Crippen LogP contribution is -2.17. The molecule has 4 rings (SSSR count). The van der Waals surface area contributed by atoms with Crippen molar-refractivity contribution in [3.63, 3.8) is 0 Å². The average Bonchev–Trinajstić information content (AvgIpc) is 3.61. The zero-order valence-electron chi connectivity index (χ0n) is 20.6. The van der Waals surface area contributed by atoms with Gasteiger partial charge in [0.25, 0.3) is 0 Å².